The Hall–Kier alpha value is -2.06. The summed E-state index contributed by atoms with van der Waals surface area (Å²) in [6.07, 6.45) is 0. The summed E-state index contributed by atoms with van der Waals surface area (Å²) < 4.78 is 28.4. The van der Waals surface area contributed by atoms with E-state index in [1.165, 1.54) is 42.5 Å². The molecule has 0 saturated carbocycles. The van der Waals surface area contributed by atoms with Crippen molar-refractivity contribution >= 4 is 37.2 Å². The van der Waals surface area contributed by atoms with Gasteiger partial charge in [0.15, 0.2) is 5.78 Å². The van der Waals surface area contributed by atoms with Crippen molar-refractivity contribution in [2.75, 3.05) is 6.54 Å². The van der Waals surface area contributed by atoms with Gasteiger partial charge in [-0.1, -0.05) is 30.3 Å². The number of thiophene rings is 1. The van der Waals surface area contributed by atoms with Crippen LogP contribution in [0.1, 0.15) is 29.1 Å². The monoisotopic (exact) mass is 389 g/mol. The molecule has 1 aromatic heterocycles. The molecule has 3 rings (SSSR count). The second kappa shape index (κ2) is 6.92. The highest BCUT2D eigenvalue weighted by Gasteiger charge is 2.28. The van der Waals surface area contributed by atoms with Gasteiger partial charge in [-0.2, -0.15) is 0 Å². The summed E-state index contributed by atoms with van der Waals surface area (Å²) in [6.45, 7) is 2.85. The molecule has 0 aliphatic rings. The summed E-state index contributed by atoms with van der Waals surface area (Å²) in [5.41, 5.74) is -0.892. The summed E-state index contributed by atoms with van der Waals surface area (Å²) in [5.74, 6) is -0.130. The van der Waals surface area contributed by atoms with Gasteiger partial charge in [-0.05, 0) is 43.5 Å². The average Bonchev–Trinajstić information content (AvgIpc) is 3.05. The lowest BCUT2D eigenvalue weighted by molar-refractivity contribution is 0.0666. The molecule has 0 aliphatic carbocycles. The van der Waals surface area contributed by atoms with Crippen LogP contribution >= 0.6 is 11.3 Å². The number of hydrogen-bond donors (Lipinski definition) is 2. The normalized spacial score (nSPS) is 14.3. The summed E-state index contributed by atoms with van der Waals surface area (Å²) >= 11 is 1.43. The zero-order chi connectivity index (χ0) is 18.9. The highest BCUT2D eigenvalue weighted by atomic mass is 32.2. The molecule has 2 N–H and O–H groups in total. The maximum Gasteiger partial charge on any atom is 0.240 e. The number of carbonyl (C=O) groups is 1. The molecule has 1 unspecified atom stereocenters. The Labute approximate surface area is 156 Å². The van der Waals surface area contributed by atoms with E-state index in [4.69, 9.17) is 0 Å². The van der Waals surface area contributed by atoms with Crippen LogP contribution in [-0.2, 0) is 15.6 Å². The van der Waals surface area contributed by atoms with Gasteiger partial charge in [0, 0.05) is 21.7 Å². The van der Waals surface area contributed by atoms with Crippen LogP contribution in [0.5, 0.6) is 0 Å². The number of nitrogens with one attached hydrogen (secondary N) is 1. The Bertz CT molecular complexity index is 1020. The van der Waals surface area contributed by atoms with E-state index in [9.17, 15) is 18.3 Å². The zero-order valence-electron chi connectivity index (χ0n) is 14.4. The largest absolute Gasteiger partial charge is 0.383 e. The SMILES string of the molecule is CC(=O)c1ccc(S(=O)(=O)NCC(C)(O)c2cc3ccccc3s2)cc1. The molecule has 0 aliphatic heterocycles. The van der Waals surface area contributed by atoms with Crippen molar-refractivity contribution in [3.63, 3.8) is 0 Å². The number of rotatable bonds is 6. The molecule has 1 heterocycles. The molecule has 0 saturated heterocycles. The summed E-state index contributed by atoms with van der Waals surface area (Å²) in [4.78, 5) is 12.0. The van der Waals surface area contributed by atoms with Gasteiger partial charge in [-0.25, -0.2) is 13.1 Å². The predicted molar refractivity (Wildman–Crippen MR) is 103 cm³/mol. The molecule has 0 radical (unpaired) electrons. The van der Waals surface area contributed by atoms with E-state index in [1.807, 2.05) is 30.3 Å². The highest BCUT2D eigenvalue weighted by Crippen LogP contribution is 2.33. The Morgan fingerprint density at radius 2 is 1.81 bits per heavy atom. The van der Waals surface area contributed by atoms with E-state index >= 15 is 0 Å². The quantitative estimate of drug-likeness (QED) is 0.634. The van der Waals surface area contributed by atoms with Crippen LogP contribution in [0.2, 0.25) is 0 Å². The fourth-order valence-corrected chi connectivity index (χ4v) is 4.76. The molecule has 1 atom stereocenters. The second-order valence-corrected chi connectivity index (χ2v) is 9.18. The summed E-state index contributed by atoms with van der Waals surface area (Å²) in [5, 5.41) is 11.8. The first-order valence-corrected chi connectivity index (χ1v) is 10.3. The molecule has 7 heteroatoms. The lowest BCUT2D eigenvalue weighted by atomic mass is 10.1. The molecule has 0 bridgehead atoms. The molecule has 0 amide bonds. The van der Waals surface area contributed by atoms with Crippen LogP contribution in [0.25, 0.3) is 10.1 Å². The van der Waals surface area contributed by atoms with Crippen LogP contribution in [0.15, 0.2) is 59.5 Å². The zero-order valence-corrected chi connectivity index (χ0v) is 16.0. The first kappa shape index (κ1) is 18.7. The average molecular weight is 389 g/mol. The number of ketones is 1. The number of carbonyl (C=O) groups excluding carboxylic acids is 1. The minimum Gasteiger partial charge on any atom is -0.383 e. The minimum absolute atomic E-state index is 0.0506. The fraction of sp³-hybridized carbons (Fsp3) is 0.211. The minimum atomic E-state index is -3.79. The van der Waals surface area contributed by atoms with Crippen molar-refractivity contribution in [2.45, 2.75) is 24.3 Å². The van der Waals surface area contributed by atoms with Gasteiger partial charge in [0.1, 0.15) is 5.60 Å². The van der Waals surface area contributed by atoms with E-state index in [-0.39, 0.29) is 17.2 Å². The van der Waals surface area contributed by atoms with Crippen molar-refractivity contribution in [2.24, 2.45) is 0 Å². The molecular formula is C19H19NO4S2. The number of aliphatic hydroxyl groups is 1. The molecule has 3 aromatic rings. The van der Waals surface area contributed by atoms with Crippen LogP contribution < -0.4 is 4.72 Å². The Kier molecular flexibility index (Phi) is 4.98. The van der Waals surface area contributed by atoms with E-state index in [0.717, 1.165) is 10.1 Å². The third kappa shape index (κ3) is 3.86. The lowest BCUT2D eigenvalue weighted by Gasteiger charge is -2.22. The van der Waals surface area contributed by atoms with Crippen molar-refractivity contribution in [3.8, 4) is 0 Å². The fourth-order valence-electron chi connectivity index (χ4n) is 2.52. The van der Waals surface area contributed by atoms with E-state index < -0.39 is 15.6 Å². The maximum absolute atomic E-state index is 12.5. The van der Waals surface area contributed by atoms with Gasteiger partial charge in [0.05, 0.1) is 4.90 Å². The van der Waals surface area contributed by atoms with Gasteiger partial charge in [0.2, 0.25) is 10.0 Å². The van der Waals surface area contributed by atoms with E-state index in [0.29, 0.717) is 10.4 Å². The first-order chi connectivity index (χ1) is 12.2. The number of hydrogen-bond acceptors (Lipinski definition) is 5. The Morgan fingerprint density at radius 1 is 1.15 bits per heavy atom. The molecule has 5 nitrogen and oxygen atoms in total. The second-order valence-electron chi connectivity index (χ2n) is 6.33. The number of sulfonamides is 1. The Morgan fingerprint density at radius 3 is 2.42 bits per heavy atom. The van der Waals surface area contributed by atoms with Gasteiger partial charge in [-0.15, -0.1) is 11.3 Å². The van der Waals surface area contributed by atoms with Crippen molar-refractivity contribution < 1.29 is 18.3 Å². The van der Waals surface area contributed by atoms with Gasteiger partial charge in [0.25, 0.3) is 0 Å². The highest BCUT2D eigenvalue weighted by molar-refractivity contribution is 7.89. The third-order valence-electron chi connectivity index (χ3n) is 4.13. The number of fused-ring (bicyclic) bond motifs is 1. The van der Waals surface area contributed by atoms with Gasteiger partial charge < -0.3 is 5.11 Å². The van der Waals surface area contributed by atoms with Crippen molar-refractivity contribution in [1.29, 1.82) is 0 Å². The topological polar surface area (TPSA) is 83.5 Å². The lowest BCUT2D eigenvalue weighted by Crippen LogP contribution is -2.38. The van der Waals surface area contributed by atoms with Crippen LogP contribution in [0, 0.1) is 0 Å². The first-order valence-electron chi connectivity index (χ1n) is 8.01. The van der Waals surface area contributed by atoms with Crippen molar-refractivity contribution in [3.05, 3.63) is 65.0 Å². The van der Waals surface area contributed by atoms with E-state index in [2.05, 4.69) is 4.72 Å². The van der Waals surface area contributed by atoms with Crippen LogP contribution in [0.4, 0.5) is 0 Å². The standard InChI is InChI=1S/C19H19NO4S2/c1-13(21)14-7-9-16(10-8-14)26(23,24)20-12-19(2,22)18-11-15-5-3-4-6-17(15)25-18/h3-11,20,22H,12H2,1-2H3. The maximum atomic E-state index is 12.5. The molecule has 26 heavy (non-hydrogen) atoms. The smallest absolute Gasteiger partial charge is 0.240 e. The predicted octanol–water partition coefficient (Wildman–Crippen LogP) is 3.29. The van der Waals surface area contributed by atoms with E-state index in [1.54, 1.807) is 6.92 Å². The summed E-state index contributed by atoms with van der Waals surface area (Å²) in [6, 6.07) is 15.3. The number of benzene rings is 2. The molecular weight excluding hydrogens is 370 g/mol. The van der Waals surface area contributed by atoms with Crippen LogP contribution in [0.3, 0.4) is 0 Å². The molecule has 0 spiro atoms. The number of Topliss-reactive ketones (excluding diaryl/α,β-unsaturated/α-hetero) is 1. The summed E-state index contributed by atoms with van der Waals surface area (Å²) in [7, 11) is -3.79. The van der Waals surface area contributed by atoms with Crippen LogP contribution in [-0.4, -0.2) is 25.9 Å². The molecule has 136 valence electrons. The molecule has 2 aromatic carbocycles. The van der Waals surface area contributed by atoms with Gasteiger partial charge >= 0.3 is 0 Å². The third-order valence-corrected chi connectivity index (χ3v) is 6.92. The Balaban J connectivity index is 1.78. The molecule has 0 fully saturated rings. The van der Waals surface area contributed by atoms with Gasteiger partial charge in [-0.3, -0.25) is 4.79 Å². The van der Waals surface area contributed by atoms with Crippen molar-refractivity contribution in [1.82, 2.24) is 4.72 Å².